The van der Waals surface area contributed by atoms with Gasteiger partial charge in [-0.05, 0) is 18.4 Å². The van der Waals surface area contributed by atoms with E-state index in [1.165, 1.54) is 19.3 Å². The maximum atomic E-state index is 6.23. The lowest BCUT2D eigenvalue weighted by Gasteiger charge is -2.09. The molecule has 0 saturated carbocycles. The molecule has 2 N–H and O–H groups in total. The Morgan fingerprint density at radius 2 is 1.84 bits per heavy atom. The third-order valence-corrected chi connectivity index (χ3v) is 3.32. The topological polar surface area (TPSA) is 51.8 Å². The maximum absolute atomic E-state index is 6.23. The molecular formula is C16H21N3. The first-order chi connectivity index (χ1) is 9.33. The van der Waals surface area contributed by atoms with Gasteiger partial charge < -0.3 is 5.73 Å². The summed E-state index contributed by atoms with van der Waals surface area (Å²) >= 11 is 0. The van der Waals surface area contributed by atoms with Crippen LogP contribution in [-0.4, -0.2) is 10.2 Å². The van der Waals surface area contributed by atoms with Crippen LogP contribution in [0.5, 0.6) is 0 Å². The van der Waals surface area contributed by atoms with E-state index >= 15 is 0 Å². The zero-order valence-electron chi connectivity index (χ0n) is 11.5. The molecule has 19 heavy (non-hydrogen) atoms. The van der Waals surface area contributed by atoms with Gasteiger partial charge in [-0.3, -0.25) is 0 Å². The molecule has 1 aromatic heterocycles. The maximum Gasteiger partial charge on any atom is 0.116 e. The number of anilines is 1. The Morgan fingerprint density at radius 1 is 1.05 bits per heavy atom. The lowest BCUT2D eigenvalue weighted by atomic mass is 10.0. The molecule has 0 unspecified atom stereocenters. The first kappa shape index (κ1) is 13.5. The lowest BCUT2D eigenvalue weighted by Crippen LogP contribution is -2.02. The second-order valence-electron chi connectivity index (χ2n) is 4.81. The van der Waals surface area contributed by atoms with Crippen molar-refractivity contribution in [3.8, 4) is 11.3 Å². The molecule has 0 radical (unpaired) electrons. The van der Waals surface area contributed by atoms with E-state index in [9.17, 15) is 0 Å². The summed E-state index contributed by atoms with van der Waals surface area (Å²) in [7, 11) is 0. The highest BCUT2D eigenvalue weighted by Crippen LogP contribution is 2.26. The molecule has 2 rings (SSSR count). The van der Waals surface area contributed by atoms with E-state index in [0.717, 1.165) is 35.3 Å². The summed E-state index contributed by atoms with van der Waals surface area (Å²) in [5.41, 5.74) is 9.95. The molecule has 0 saturated heterocycles. The van der Waals surface area contributed by atoms with E-state index in [-0.39, 0.29) is 0 Å². The van der Waals surface area contributed by atoms with Gasteiger partial charge in [0.2, 0.25) is 0 Å². The van der Waals surface area contributed by atoms with Crippen molar-refractivity contribution in [2.75, 3.05) is 5.73 Å². The SMILES string of the molecule is CCCCCCc1cnnc(-c2ccccc2)c1N. The molecule has 1 aromatic carbocycles. The molecule has 0 aliphatic rings. The summed E-state index contributed by atoms with van der Waals surface area (Å²) in [5.74, 6) is 0. The Kier molecular flexibility index (Phi) is 4.90. The van der Waals surface area contributed by atoms with Gasteiger partial charge in [0.1, 0.15) is 5.69 Å². The molecule has 0 atom stereocenters. The van der Waals surface area contributed by atoms with Crippen LogP contribution in [0, 0.1) is 0 Å². The summed E-state index contributed by atoms with van der Waals surface area (Å²) in [6, 6.07) is 10.00. The predicted octanol–water partition coefficient (Wildman–Crippen LogP) is 3.85. The Hall–Kier alpha value is -1.90. The van der Waals surface area contributed by atoms with Gasteiger partial charge in [0.15, 0.2) is 0 Å². The quantitative estimate of drug-likeness (QED) is 0.798. The Bertz CT molecular complexity index is 509. The van der Waals surface area contributed by atoms with Crippen molar-refractivity contribution in [2.24, 2.45) is 0 Å². The number of hydrogen-bond donors (Lipinski definition) is 1. The highest BCUT2D eigenvalue weighted by atomic mass is 15.1. The van der Waals surface area contributed by atoms with Gasteiger partial charge in [-0.15, -0.1) is 5.10 Å². The minimum absolute atomic E-state index is 0.776. The van der Waals surface area contributed by atoms with Crippen molar-refractivity contribution in [3.63, 3.8) is 0 Å². The van der Waals surface area contributed by atoms with Crippen molar-refractivity contribution < 1.29 is 0 Å². The normalized spacial score (nSPS) is 10.6. The summed E-state index contributed by atoms with van der Waals surface area (Å²) < 4.78 is 0. The highest BCUT2D eigenvalue weighted by molar-refractivity contribution is 5.73. The largest absolute Gasteiger partial charge is 0.397 e. The van der Waals surface area contributed by atoms with Gasteiger partial charge in [-0.2, -0.15) is 5.10 Å². The van der Waals surface area contributed by atoms with Gasteiger partial charge in [-0.1, -0.05) is 56.5 Å². The van der Waals surface area contributed by atoms with E-state index < -0.39 is 0 Å². The molecule has 0 aliphatic carbocycles. The molecule has 0 fully saturated rings. The van der Waals surface area contributed by atoms with Gasteiger partial charge in [0.05, 0.1) is 11.9 Å². The third-order valence-electron chi connectivity index (χ3n) is 3.32. The van der Waals surface area contributed by atoms with Crippen LogP contribution in [0.25, 0.3) is 11.3 Å². The van der Waals surface area contributed by atoms with Gasteiger partial charge in [0, 0.05) is 5.56 Å². The fourth-order valence-electron chi connectivity index (χ4n) is 2.18. The fraction of sp³-hybridized carbons (Fsp3) is 0.375. The molecule has 1 heterocycles. The Morgan fingerprint density at radius 3 is 2.58 bits per heavy atom. The zero-order valence-corrected chi connectivity index (χ0v) is 11.5. The van der Waals surface area contributed by atoms with E-state index in [4.69, 9.17) is 5.73 Å². The Balaban J connectivity index is 2.14. The number of aromatic nitrogens is 2. The summed E-state index contributed by atoms with van der Waals surface area (Å²) in [4.78, 5) is 0. The molecule has 0 spiro atoms. The van der Waals surface area contributed by atoms with E-state index in [1.807, 2.05) is 30.3 Å². The van der Waals surface area contributed by atoms with E-state index in [2.05, 4.69) is 17.1 Å². The number of rotatable bonds is 6. The number of nitrogens with two attached hydrogens (primary N) is 1. The van der Waals surface area contributed by atoms with E-state index in [1.54, 1.807) is 6.20 Å². The van der Waals surface area contributed by atoms with Crippen molar-refractivity contribution in [1.82, 2.24) is 10.2 Å². The summed E-state index contributed by atoms with van der Waals surface area (Å²) in [6.07, 6.45) is 7.73. The van der Waals surface area contributed by atoms with Gasteiger partial charge >= 0.3 is 0 Å². The van der Waals surface area contributed by atoms with Crippen molar-refractivity contribution in [2.45, 2.75) is 39.0 Å². The van der Waals surface area contributed by atoms with Crippen molar-refractivity contribution in [3.05, 3.63) is 42.1 Å². The van der Waals surface area contributed by atoms with Gasteiger partial charge in [0.25, 0.3) is 0 Å². The van der Waals surface area contributed by atoms with E-state index in [0.29, 0.717) is 0 Å². The lowest BCUT2D eigenvalue weighted by molar-refractivity contribution is 0.666. The first-order valence-electron chi connectivity index (χ1n) is 6.98. The van der Waals surface area contributed by atoms with Crippen LogP contribution in [0.15, 0.2) is 36.5 Å². The van der Waals surface area contributed by atoms with Crippen LogP contribution in [0.3, 0.4) is 0 Å². The predicted molar refractivity (Wildman–Crippen MR) is 79.7 cm³/mol. The number of benzene rings is 1. The van der Waals surface area contributed by atoms with Crippen LogP contribution >= 0.6 is 0 Å². The fourth-order valence-corrected chi connectivity index (χ4v) is 2.18. The molecule has 100 valence electrons. The minimum Gasteiger partial charge on any atom is -0.397 e. The minimum atomic E-state index is 0.776. The number of nitrogen functional groups attached to an aromatic ring is 1. The monoisotopic (exact) mass is 255 g/mol. The molecule has 0 amide bonds. The van der Waals surface area contributed by atoms with Gasteiger partial charge in [-0.25, -0.2) is 0 Å². The van der Waals surface area contributed by atoms with Crippen LogP contribution in [-0.2, 0) is 6.42 Å². The van der Waals surface area contributed by atoms with Crippen LogP contribution < -0.4 is 5.73 Å². The number of aryl methyl sites for hydroxylation is 1. The smallest absolute Gasteiger partial charge is 0.116 e. The third kappa shape index (κ3) is 3.53. The molecular weight excluding hydrogens is 234 g/mol. The number of hydrogen-bond acceptors (Lipinski definition) is 3. The van der Waals surface area contributed by atoms with Crippen LogP contribution in [0.4, 0.5) is 5.69 Å². The second-order valence-corrected chi connectivity index (χ2v) is 4.81. The number of unbranched alkanes of at least 4 members (excludes halogenated alkanes) is 3. The summed E-state index contributed by atoms with van der Waals surface area (Å²) in [5, 5.41) is 8.27. The van der Waals surface area contributed by atoms with Crippen LogP contribution in [0.2, 0.25) is 0 Å². The zero-order chi connectivity index (χ0) is 13.5. The Labute approximate surface area is 114 Å². The molecule has 3 heteroatoms. The average molecular weight is 255 g/mol. The average Bonchev–Trinajstić information content (AvgIpc) is 2.46. The molecule has 2 aromatic rings. The van der Waals surface area contributed by atoms with Crippen LogP contribution in [0.1, 0.15) is 38.2 Å². The highest BCUT2D eigenvalue weighted by Gasteiger charge is 2.09. The van der Waals surface area contributed by atoms with Crippen molar-refractivity contribution in [1.29, 1.82) is 0 Å². The molecule has 0 aliphatic heterocycles. The first-order valence-corrected chi connectivity index (χ1v) is 6.98. The number of nitrogens with zero attached hydrogens (tertiary/aromatic N) is 2. The summed E-state index contributed by atoms with van der Waals surface area (Å²) in [6.45, 7) is 2.22. The van der Waals surface area contributed by atoms with Crippen molar-refractivity contribution >= 4 is 5.69 Å². The standard InChI is InChI=1S/C16H21N3/c1-2-3-4-6-11-14-12-18-19-16(15(14)17)13-9-7-5-8-10-13/h5,7-10,12H,2-4,6,11H2,1H3,(H2,17,18). The molecule has 0 bridgehead atoms. The molecule has 3 nitrogen and oxygen atoms in total. The second kappa shape index (κ2) is 6.88.